The van der Waals surface area contributed by atoms with Gasteiger partial charge in [0.25, 0.3) is 0 Å². The van der Waals surface area contributed by atoms with E-state index in [9.17, 15) is 0 Å². The van der Waals surface area contributed by atoms with Crippen LogP contribution in [0.25, 0.3) is 0 Å². The van der Waals surface area contributed by atoms with Gasteiger partial charge in [0.1, 0.15) is 0 Å². The maximum absolute atomic E-state index is 5.15. The van der Waals surface area contributed by atoms with Crippen molar-refractivity contribution in [1.29, 1.82) is 0 Å². The third kappa shape index (κ3) is 2.10. The summed E-state index contributed by atoms with van der Waals surface area (Å²) in [4.78, 5) is 0. The Bertz CT molecular complexity index is 227. The number of nitrogens with one attached hydrogen (secondary N) is 1. The smallest absolute Gasteiger partial charge is 0.0574 e. The Kier molecular flexibility index (Phi) is 3.48. The number of methoxy groups -OCH3 is 1. The van der Waals surface area contributed by atoms with Crippen molar-refractivity contribution in [3.8, 4) is 0 Å². The van der Waals surface area contributed by atoms with Crippen molar-refractivity contribution in [2.45, 2.75) is 32.1 Å². The van der Waals surface area contributed by atoms with Gasteiger partial charge in [-0.3, -0.25) is 5.10 Å². The summed E-state index contributed by atoms with van der Waals surface area (Å²) in [6.07, 6.45) is 4.25. The molecule has 1 aromatic rings. The second-order valence-electron chi connectivity index (χ2n) is 3.18. The molecule has 0 spiro atoms. The van der Waals surface area contributed by atoms with Gasteiger partial charge in [-0.2, -0.15) is 5.10 Å². The summed E-state index contributed by atoms with van der Waals surface area (Å²) < 4.78 is 5.15. The summed E-state index contributed by atoms with van der Waals surface area (Å²) in [6, 6.07) is 2.03. The number of ether oxygens (including phenoxy) is 1. The van der Waals surface area contributed by atoms with Gasteiger partial charge in [0, 0.05) is 24.4 Å². The molecule has 0 saturated heterocycles. The Morgan fingerprint density at radius 2 is 2.23 bits per heavy atom. The fourth-order valence-electron chi connectivity index (χ4n) is 1.47. The van der Waals surface area contributed by atoms with Crippen LogP contribution in [0.15, 0.2) is 12.3 Å². The minimum Gasteiger partial charge on any atom is -0.384 e. The molecule has 0 unspecified atom stereocenters. The van der Waals surface area contributed by atoms with Crippen LogP contribution in [-0.2, 0) is 10.2 Å². The molecule has 74 valence electrons. The minimum atomic E-state index is 0.283. The molecule has 1 aliphatic carbocycles. The van der Waals surface area contributed by atoms with Gasteiger partial charge in [0.05, 0.1) is 6.61 Å². The van der Waals surface area contributed by atoms with Crippen LogP contribution in [0.3, 0.4) is 0 Å². The number of nitrogens with zero attached hydrogens (tertiary/aromatic N) is 1. The first kappa shape index (κ1) is 10.3. The van der Waals surface area contributed by atoms with Gasteiger partial charge in [-0.1, -0.05) is 13.8 Å². The lowest BCUT2D eigenvalue weighted by Gasteiger charge is -2.10. The molecule has 2 rings (SSSR count). The van der Waals surface area contributed by atoms with E-state index in [4.69, 9.17) is 4.74 Å². The zero-order chi connectivity index (χ0) is 9.73. The molecule has 1 aromatic heterocycles. The molecule has 0 amide bonds. The number of aromatic amines is 1. The largest absolute Gasteiger partial charge is 0.384 e. The van der Waals surface area contributed by atoms with Gasteiger partial charge in [0.2, 0.25) is 0 Å². The third-order valence-electron chi connectivity index (χ3n) is 2.35. The molecule has 3 heteroatoms. The van der Waals surface area contributed by atoms with Gasteiger partial charge in [-0.05, 0) is 18.9 Å². The zero-order valence-corrected chi connectivity index (χ0v) is 8.63. The predicted octanol–water partition coefficient (Wildman–Crippen LogP) is 2.11. The van der Waals surface area contributed by atoms with E-state index in [2.05, 4.69) is 10.2 Å². The summed E-state index contributed by atoms with van der Waals surface area (Å²) >= 11 is 0. The van der Waals surface area contributed by atoms with Crippen molar-refractivity contribution in [3.05, 3.63) is 18.0 Å². The molecule has 1 saturated carbocycles. The van der Waals surface area contributed by atoms with Crippen molar-refractivity contribution < 1.29 is 4.74 Å². The molecule has 3 nitrogen and oxygen atoms in total. The number of aromatic nitrogens is 2. The average Bonchev–Trinajstić information content (AvgIpc) is 2.77. The lowest BCUT2D eigenvalue weighted by atomic mass is 10.1. The first-order valence-corrected chi connectivity index (χ1v) is 4.86. The van der Waals surface area contributed by atoms with Crippen molar-refractivity contribution >= 4 is 0 Å². The van der Waals surface area contributed by atoms with Crippen LogP contribution < -0.4 is 0 Å². The van der Waals surface area contributed by atoms with Crippen molar-refractivity contribution in [3.63, 3.8) is 0 Å². The Morgan fingerprint density at radius 1 is 1.54 bits per heavy atom. The van der Waals surface area contributed by atoms with Crippen LogP contribution in [0, 0.1) is 0 Å². The molecular weight excluding hydrogens is 164 g/mol. The molecule has 0 atom stereocenters. The van der Waals surface area contributed by atoms with Gasteiger partial charge >= 0.3 is 0 Å². The first-order valence-electron chi connectivity index (χ1n) is 4.86. The van der Waals surface area contributed by atoms with Crippen molar-refractivity contribution in [2.24, 2.45) is 0 Å². The van der Waals surface area contributed by atoms with Crippen LogP contribution in [0.4, 0.5) is 0 Å². The highest BCUT2D eigenvalue weighted by molar-refractivity contribution is 5.22. The first-order chi connectivity index (χ1) is 6.37. The second-order valence-corrected chi connectivity index (χ2v) is 3.18. The maximum atomic E-state index is 5.15. The van der Waals surface area contributed by atoms with E-state index in [0.29, 0.717) is 0 Å². The topological polar surface area (TPSA) is 37.9 Å². The Morgan fingerprint density at radius 3 is 2.62 bits per heavy atom. The van der Waals surface area contributed by atoms with Gasteiger partial charge in [0.15, 0.2) is 0 Å². The molecule has 1 aliphatic rings. The van der Waals surface area contributed by atoms with E-state index in [0.717, 1.165) is 6.61 Å². The van der Waals surface area contributed by atoms with Crippen molar-refractivity contribution in [1.82, 2.24) is 10.2 Å². The van der Waals surface area contributed by atoms with E-state index < -0.39 is 0 Å². The lowest BCUT2D eigenvalue weighted by Crippen LogP contribution is -2.14. The van der Waals surface area contributed by atoms with Crippen LogP contribution in [0.2, 0.25) is 0 Å². The van der Waals surface area contributed by atoms with Crippen LogP contribution in [0.5, 0.6) is 0 Å². The molecule has 0 aliphatic heterocycles. The molecular formula is C10H18N2O. The SMILES string of the molecule is CC.COCC1(c2ccn[nH]2)CC1. The normalized spacial score (nSPS) is 17.5. The standard InChI is InChI=1S/C8H12N2O.C2H6/c1-11-6-8(3-4-8)7-2-5-9-10-7;1-2/h2,5H,3-4,6H2,1H3,(H,9,10);1-2H3. The Hall–Kier alpha value is -0.830. The second kappa shape index (κ2) is 4.42. The summed E-state index contributed by atoms with van der Waals surface area (Å²) in [6.45, 7) is 4.81. The van der Waals surface area contributed by atoms with Crippen LogP contribution in [-0.4, -0.2) is 23.9 Å². The van der Waals surface area contributed by atoms with Crippen LogP contribution >= 0.6 is 0 Å². The fraction of sp³-hybridized carbons (Fsp3) is 0.700. The zero-order valence-electron chi connectivity index (χ0n) is 8.63. The monoisotopic (exact) mass is 182 g/mol. The third-order valence-corrected chi connectivity index (χ3v) is 2.35. The van der Waals surface area contributed by atoms with Gasteiger partial charge in [-0.15, -0.1) is 0 Å². The Labute approximate surface area is 79.5 Å². The van der Waals surface area contributed by atoms with E-state index in [-0.39, 0.29) is 5.41 Å². The Balaban J connectivity index is 0.000000396. The van der Waals surface area contributed by atoms with E-state index in [1.165, 1.54) is 18.5 Å². The van der Waals surface area contributed by atoms with Crippen molar-refractivity contribution in [2.75, 3.05) is 13.7 Å². The number of hydrogen-bond donors (Lipinski definition) is 1. The lowest BCUT2D eigenvalue weighted by molar-refractivity contribution is 0.170. The molecule has 13 heavy (non-hydrogen) atoms. The number of H-pyrrole nitrogens is 1. The minimum absolute atomic E-state index is 0.283. The molecule has 1 fully saturated rings. The molecule has 0 radical (unpaired) electrons. The molecule has 1 heterocycles. The number of rotatable bonds is 3. The summed E-state index contributed by atoms with van der Waals surface area (Å²) in [7, 11) is 1.75. The highest BCUT2D eigenvalue weighted by Crippen LogP contribution is 2.47. The number of hydrogen-bond acceptors (Lipinski definition) is 2. The molecule has 0 bridgehead atoms. The predicted molar refractivity (Wildman–Crippen MR) is 52.7 cm³/mol. The fourth-order valence-corrected chi connectivity index (χ4v) is 1.47. The van der Waals surface area contributed by atoms with E-state index in [1.807, 2.05) is 19.9 Å². The summed E-state index contributed by atoms with van der Waals surface area (Å²) in [5.74, 6) is 0. The maximum Gasteiger partial charge on any atom is 0.0574 e. The highest BCUT2D eigenvalue weighted by atomic mass is 16.5. The van der Waals surface area contributed by atoms with Gasteiger partial charge in [-0.25, -0.2) is 0 Å². The quantitative estimate of drug-likeness (QED) is 0.777. The van der Waals surface area contributed by atoms with E-state index in [1.54, 1.807) is 13.3 Å². The summed E-state index contributed by atoms with van der Waals surface area (Å²) in [5.41, 5.74) is 1.50. The van der Waals surface area contributed by atoms with E-state index >= 15 is 0 Å². The van der Waals surface area contributed by atoms with Crippen LogP contribution in [0.1, 0.15) is 32.4 Å². The highest BCUT2D eigenvalue weighted by Gasteiger charge is 2.45. The molecule has 1 N–H and O–H groups in total. The van der Waals surface area contributed by atoms with Gasteiger partial charge < -0.3 is 4.74 Å². The summed E-state index contributed by atoms with van der Waals surface area (Å²) in [5, 5.41) is 6.92. The average molecular weight is 182 g/mol. The molecule has 0 aromatic carbocycles.